The van der Waals surface area contributed by atoms with Crippen molar-refractivity contribution < 1.29 is 43.8 Å². The molecule has 0 aromatic carbocycles. The number of aliphatic hydroxyl groups is 2. The topological polar surface area (TPSA) is 209 Å². The first kappa shape index (κ1) is 47.4. The van der Waals surface area contributed by atoms with Crippen LogP contribution in [0.25, 0.3) is 0 Å². The van der Waals surface area contributed by atoms with Crippen LogP contribution in [-0.2, 0) is 33.6 Å². The lowest BCUT2D eigenvalue weighted by Crippen LogP contribution is -2.64. The van der Waals surface area contributed by atoms with E-state index in [2.05, 4.69) is 16.0 Å². The molecule has 0 spiro atoms. The number of amides is 7. The van der Waals surface area contributed by atoms with Gasteiger partial charge in [-0.05, 0) is 63.2 Å². The molecule has 16 heteroatoms. The summed E-state index contributed by atoms with van der Waals surface area (Å²) >= 11 is 0. The van der Waals surface area contributed by atoms with E-state index in [1.54, 1.807) is 34.6 Å². The molecule has 0 aromatic heterocycles. The smallest absolute Gasteiger partial charge is 0.246 e. The number of piperidine rings is 1. The first-order valence-corrected chi connectivity index (χ1v) is 19.9. The molecule has 2 aliphatic rings. The van der Waals surface area contributed by atoms with Crippen LogP contribution >= 0.6 is 0 Å². The highest BCUT2D eigenvalue weighted by Crippen LogP contribution is 2.23. The van der Waals surface area contributed by atoms with Gasteiger partial charge in [0.25, 0.3) is 0 Å². The molecule has 10 atom stereocenters. The summed E-state index contributed by atoms with van der Waals surface area (Å²) in [4.78, 5) is 104. The summed E-state index contributed by atoms with van der Waals surface area (Å²) in [6.07, 6.45) is -0.622. The fourth-order valence-electron chi connectivity index (χ4n) is 7.06. The summed E-state index contributed by atoms with van der Waals surface area (Å²) in [6, 6.07) is -8.53. The Morgan fingerprint density at radius 3 is 1.69 bits per heavy atom. The second kappa shape index (κ2) is 20.4. The molecule has 16 nitrogen and oxygen atoms in total. The van der Waals surface area contributed by atoms with E-state index in [0.717, 1.165) is 9.80 Å². The molecular formula is C39H69N7O9. The number of hydrogen-bond donors (Lipinski definition) is 5. The van der Waals surface area contributed by atoms with E-state index in [1.807, 2.05) is 20.8 Å². The molecule has 2 saturated heterocycles. The predicted molar refractivity (Wildman–Crippen MR) is 207 cm³/mol. The molecule has 7 amide bonds. The van der Waals surface area contributed by atoms with Gasteiger partial charge >= 0.3 is 0 Å². The quantitative estimate of drug-likeness (QED) is 0.232. The number of aliphatic hydroxyl groups excluding tert-OH is 2. The predicted octanol–water partition coefficient (Wildman–Crippen LogP) is 0.482. The van der Waals surface area contributed by atoms with Gasteiger partial charge in [0, 0.05) is 27.7 Å². The zero-order valence-electron chi connectivity index (χ0n) is 35.3. The van der Waals surface area contributed by atoms with E-state index in [-0.39, 0.29) is 25.3 Å². The molecule has 10 unspecified atom stereocenters. The van der Waals surface area contributed by atoms with Crippen molar-refractivity contribution in [3.05, 3.63) is 0 Å². The van der Waals surface area contributed by atoms with Gasteiger partial charge in [-0.25, -0.2) is 0 Å². The number of carbonyl (C=O) groups is 7. The summed E-state index contributed by atoms with van der Waals surface area (Å²) in [5.74, 6) is -6.20. The molecule has 2 rings (SSSR count). The van der Waals surface area contributed by atoms with Crippen LogP contribution in [0.3, 0.4) is 0 Å². The lowest BCUT2D eigenvalue weighted by atomic mass is 9.94. The van der Waals surface area contributed by atoms with Gasteiger partial charge in [-0.3, -0.25) is 33.6 Å². The first-order chi connectivity index (χ1) is 25.5. The Morgan fingerprint density at radius 2 is 1.16 bits per heavy atom. The summed E-state index contributed by atoms with van der Waals surface area (Å²) in [6.45, 7) is 17.3. The zero-order valence-corrected chi connectivity index (χ0v) is 35.3. The van der Waals surface area contributed by atoms with Crippen molar-refractivity contribution in [3.8, 4) is 0 Å². The second-order valence-electron chi connectivity index (χ2n) is 16.7. The minimum absolute atomic E-state index is 0.0882. The molecule has 0 radical (unpaired) electrons. The number of likely N-dealkylation sites (N-methyl/N-ethyl adjacent to an activating group) is 3. The van der Waals surface area contributed by atoms with Crippen LogP contribution in [0.15, 0.2) is 0 Å². The average Bonchev–Trinajstić information content (AvgIpc) is 3.14. The third kappa shape index (κ3) is 11.4. The number of carbonyl (C=O) groups excluding carboxylic acids is 7. The molecule has 0 aromatic rings. The van der Waals surface area contributed by atoms with Crippen LogP contribution in [0.4, 0.5) is 0 Å². The number of nitrogens with zero attached hydrogens (tertiary/aromatic N) is 4. The summed E-state index contributed by atoms with van der Waals surface area (Å²) in [7, 11) is 4.18. The highest BCUT2D eigenvalue weighted by molar-refractivity contribution is 5.98. The average molecular weight is 780 g/mol. The van der Waals surface area contributed by atoms with Crippen molar-refractivity contribution >= 4 is 41.4 Å². The number of hydrogen-bond acceptors (Lipinski definition) is 9. The van der Waals surface area contributed by atoms with Crippen LogP contribution in [0.1, 0.15) is 101 Å². The Balaban J connectivity index is 2.82. The molecular weight excluding hydrogens is 710 g/mol. The van der Waals surface area contributed by atoms with Gasteiger partial charge in [0.2, 0.25) is 41.4 Å². The number of nitrogens with one attached hydrogen (secondary N) is 3. The van der Waals surface area contributed by atoms with Gasteiger partial charge in [-0.2, -0.15) is 0 Å². The summed E-state index contributed by atoms with van der Waals surface area (Å²) in [5, 5.41) is 30.8. The lowest BCUT2D eigenvalue weighted by molar-refractivity contribution is -0.153. The number of rotatable bonds is 8. The summed E-state index contributed by atoms with van der Waals surface area (Å²) in [5.41, 5.74) is 0. The van der Waals surface area contributed by atoms with E-state index in [9.17, 15) is 43.8 Å². The minimum atomic E-state index is -1.50. The third-order valence-corrected chi connectivity index (χ3v) is 11.4. The fraction of sp³-hybridized carbons (Fsp3) is 0.821. The van der Waals surface area contributed by atoms with Crippen molar-refractivity contribution in [1.29, 1.82) is 0 Å². The Hall–Kier alpha value is -3.79. The van der Waals surface area contributed by atoms with Crippen LogP contribution in [0.2, 0.25) is 0 Å². The molecule has 0 aliphatic carbocycles. The molecule has 2 heterocycles. The van der Waals surface area contributed by atoms with E-state index >= 15 is 0 Å². The molecule has 314 valence electrons. The van der Waals surface area contributed by atoms with Crippen molar-refractivity contribution in [1.82, 2.24) is 35.6 Å². The lowest BCUT2D eigenvalue weighted by Gasteiger charge is -2.39. The highest BCUT2D eigenvalue weighted by atomic mass is 16.3. The largest absolute Gasteiger partial charge is 0.390 e. The van der Waals surface area contributed by atoms with Crippen LogP contribution < -0.4 is 16.0 Å². The minimum Gasteiger partial charge on any atom is -0.390 e. The van der Waals surface area contributed by atoms with Crippen LogP contribution in [0, 0.1) is 23.7 Å². The maximum atomic E-state index is 14.2. The summed E-state index contributed by atoms with van der Waals surface area (Å²) < 4.78 is 0. The molecule has 2 fully saturated rings. The normalized spacial score (nSPS) is 29.5. The van der Waals surface area contributed by atoms with Crippen molar-refractivity contribution in [2.75, 3.05) is 27.7 Å². The van der Waals surface area contributed by atoms with Crippen molar-refractivity contribution in [2.24, 2.45) is 23.7 Å². The maximum Gasteiger partial charge on any atom is 0.246 e. The van der Waals surface area contributed by atoms with E-state index in [4.69, 9.17) is 0 Å². The van der Waals surface area contributed by atoms with Crippen molar-refractivity contribution in [3.63, 3.8) is 0 Å². The van der Waals surface area contributed by atoms with E-state index < -0.39 is 114 Å². The Morgan fingerprint density at radius 1 is 0.636 bits per heavy atom. The van der Waals surface area contributed by atoms with Crippen LogP contribution in [-0.4, -0.2) is 153 Å². The van der Waals surface area contributed by atoms with Gasteiger partial charge in [0.15, 0.2) is 0 Å². The molecule has 0 bridgehead atoms. The monoisotopic (exact) mass is 780 g/mol. The Bertz CT molecular complexity index is 1390. The third-order valence-electron chi connectivity index (χ3n) is 11.4. The van der Waals surface area contributed by atoms with Gasteiger partial charge < -0.3 is 45.8 Å². The molecule has 2 aliphatic heterocycles. The Kier molecular flexibility index (Phi) is 17.6. The first-order valence-electron chi connectivity index (χ1n) is 19.9. The van der Waals surface area contributed by atoms with Gasteiger partial charge in [0.05, 0.1) is 12.2 Å². The molecule has 55 heavy (non-hydrogen) atoms. The standard InChI is InChI=1S/C39H69N7O9/c1-14-23(8)28-39(55)44(12)24(9)36(52)45(13)30(32(48)22(6)7)35(51)40-26(19-20(2)3)38(54)43(11)25(10)37(53)46-18-16-15-17-27(46)33(49)42-29(34(50)41-28)31(47)21(4)5/h20-32,47-48H,14-19H2,1-13H3,(H,40,51)(H,41,50)(H,42,49). The zero-order chi connectivity index (χ0) is 42.2. The number of fused-ring (bicyclic) bond motifs is 1. The highest BCUT2D eigenvalue weighted by Gasteiger charge is 2.44. The van der Waals surface area contributed by atoms with Crippen molar-refractivity contribution in [2.45, 2.75) is 156 Å². The maximum absolute atomic E-state index is 14.2. The van der Waals surface area contributed by atoms with Gasteiger partial charge in [-0.1, -0.05) is 61.8 Å². The molecule has 0 saturated carbocycles. The van der Waals surface area contributed by atoms with Crippen LogP contribution in [0.5, 0.6) is 0 Å². The van der Waals surface area contributed by atoms with Gasteiger partial charge in [-0.15, -0.1) is 0 Å². The van der Waals surface area contributed by atoms with Gasteiger partial charge in [0.1, 0.15) is 42.3 Å². The van der Waals surface area contributed by atoms with E-state index in [1.165, 1.54) is 44.8 Å². The Labute approximate surface area is 327 Å². The fourth-order valence-corrected chi connectivity index (χ4v) is 7.06. The van der Waals surface area contributed by atoms with E-state index in [0.29, 0.717) is 19.3 Å². The molecule has 5 N–H and O–H groups in total. The second-order valence-corrected chi connectivity index (χ2v) is 16.7. The SMILES string of the molecule is CCC(C)C1NC(=O)C(C(O)C(C)C)NC(=O)C2CCCCN2C(=O)C(C)N(C)C(=O)C(CC(C)C)NC(=O)C(C(O)C(C)C)N(C)C(=O)C(C)N(C)C1=O.